The van der Waals surface area contributed by atoms with Crippen LogP contribution in [0.4, 0.5) is 5.69 Å². The molecule has 0 atom stereocenters. The van der Waals surface area contributed by atoms with E-state index in [1.54, 1.807) is 0 Å². The van der Waals surface area contributed by atoms with E-state index >= 15 is 0 Å². The summed E-state index contributed by atoms with van der Waals surface area (Å²) in [6.45, 7) is 7.99. The molecule has 0 unspecified atom stereocenters. The number of anilines is 1. The fraction of sp³-hybridized carbons (Fsp3) is 0.111. The molecule has 0 aromatic heterocycles. The van der Waals surface area contributed by atoms with E-state index in [1.165, 1.54) is 22.3 Å². The molecule has 0 fully saturated rings. The Hall–Kier alpha value is -2.28. The summed E-state index contributed by atoms with van der Waals surface area (Å²) in [6.07, 6.45) is 3.88. The van der Waals surface area contributed by atoms with Gasteiger partial charge in [0.15, 0.2) is 0 Å². The van der Waals surface area contributed by atoms with Crippen molar-refractivity contribution in [2.24, 2.45) is 0 Å². The van der Waals surface area contributed by atoms with Crippen molar-refractivity contribution in [2.75, 3.05) is 5.73 Å². The molecule has 2 aromatic carbocycles. The summed E-state index contributed by atoms with van der Waals surface area (Å²) in [6, 6.07) is 14.4. The van der Waals surface area contributed by atoms with E-state index in [9.17, 15) is 0 Å². The van der Waals surface area contributed by atoms with Gasteiger partial charge in [0.05, 0.1) is 0 Å². The molecule has 1 nitrogen and oxygen atoms in total. The molecule has 0 radical (unpaired) electrons. The van der Waals surface area contributed by atoms with E-state index in [0.29, 0.717) is 0 Å². The molecule has 0 saturated heterocycles. The van der Waals surface area contributed by atoms with Crippen LogP contribution in [0.25, 0.3) is 5.57 Å². The summed E-state index contributed by atoms with van der Waals surface area (Å²) in [5.41, 5.74) is 12.7. The van der Waals surface area contributed by atoms with Crippen LogP contribution in [0.15, 0.2) is 61.2 Å². The summed E-state index contributed by atoms with van der Waals surface area (Å²) in [4.78, 5) is 0. The van der Waals surface area contributed by atoms with Crippen LogP contribution in [0.3, 0.4) is 0 Å². The van der Waals surface area contributed by atoms with Crippen LogP contribution in [-0.4, -0.2) is 0 Å². The fourth-order valence-corrected chi connectivity index (χ4v) is 2.21. The van der Waals surface area contributed by atoms with Crippen molar-refractivity contribution in [3.63, 3.8) is 0 Å². The molecule has 2 aromatic rings. The normalized spacial score (nSPS) is 11.4. The van der Waals surface area contributed by atoms with Gasteiger partial charge < -0.3 is 5.73 Å². The van der Waals surface area contributed by atoms with E-state index in [2.05, 4.69) is 38.6 Å². The van der Waals surface area contributed by atoms with Gasteiger partial charge in [0.2, 0.25) is 0 Å². The SMILES string of the molecule is C=CC=C(c1ccccc1)c1ccc(N)c(C)c1C. The first-order valence-corrected chi connectivity index (χ1v) is 6.39. The van der Waals surface area contributed by atoms with Crippen molar-refractivity contribution < 1.29 is 0 Å². The number of benzene rings is 2. The minimum atomic E-state index is 0.840. The Morgan fingerprint density at radius 3 is 2.32 bits per heavy atom. The van der Waals surface area contributed by atoms with E-state index in [1.807, 2.05) is 36.4 Å². The molecule has 96 valence electrons. The van der Waals surface area contributed by atoms with Gasteiger partial charge in [-0.15, -0.1) is 0 Å². The number of hydrogen-bond donors (Lipinski definition) is 1. The maximum Gasteiger partial charge on any atom is 0.0346 e. The lowest BCUT2D eigenvalue weighted by Crippen LogP contribution is -1.98. The highest BCUT2D eigenvalue weighted by atomic mass is 14.6. The van der Waals surface area contributed by atoms with Crippen LogP contribution in [0, 0.1) is 13.8 Å². The second-order valence-electron chi connectivity index (χ2n) is 4.63. The van der Waals surface area contributed by atoms with E-state index in [0.717, 1.165) is 11.3 Å². The summed E-state index contributed by atoms with van der Waals surface area (Å²) >= 11 is 0. The average molecular weight is 249 g/mol. The zero-order valence-corrected chi connectivity index (χ0v) is 11.5. The van der Waals surface area contributed by atoms with E-state index < -0.39 is 0 Å². The summed E-state index contributed by atoms with van der Waals surface area (Å²) in [7, 11) is 0. The molecule has 19 heavy (non-hydrogen) atoms. The lowest BCUT2D eigenvalue weighted by atomic mass is 9.91. The highest BCUT2D eigenvalue weighted by Gasteiger charge is 2.10. The molecule has 0 amide bonds. The Balaban J connectivity index is 2.63. The van der Waals surface area contributed by atoms with Crippen molar-refractivity contribution in [1.82, 2.24) is 0 Å². The highest BCUT2D eigenvalue weighted by molar-refractivity contribution is 5.83. The van der Waals surface area contributed by atoms with Crippen molar-refractivity contribution >= 4 is 11.3 Å². The number of nitrogens with two attached hydrogens (primary N) is 1. The number of nitrogen functional groups attached to an aromatic ring is 1. The van der Waals surface area contributed by atoms with Crippen LogP contribution in [0.1, 0.15) is 22.3 Å². The number of rotatable bonds is 3. The lowest BCUT2D eigenvalue weighted by Gasteiger charge is -2.14. The average Bonchev–Trinajstić information content (AvgIpc) is 2.44. The Labute approximate surface area is 115 Å². The van der Waals surface area contributed by atoms with Gasteiger partial charge >= 0.3 is 0 Å². The first-order valence-electron chi connectivity index (χ1n) is 6.39. The Kier molecular flexibility index (Phi) is 3.86. The van der Waals surface area contributed by atoms with E-state index in [4.69, 9.17) is 5.73 Å². The summed E-state index contributed by atoms with van der Waals surface area (Å²) < 4.78 is 0. The molecule has 0 heterocycles. The Morgan fingerprint density at radius 1 is 1.00 bits per heavy atom. The predicted molar refractivity (Wildman–Crippen MR) is 84.0 cm³/mol. The van der Waals surface area contributed by atoms with Gasteiger partial charge in [0.25, 0.3) is 0 Å². The minimum Gasteiger partial charge on any atom is -0.399 e. The first kappa shape index (κ1) is 13.2. The van der Waals surface area contributed by atoms with Crippen LogP contribution in [-0.2, 0) is 0 Å². The topological polar surface area (TPSA) is 26.0 Å². The van der Waals surface area contributed by atoms with Gasteiger partial charge in [-0.05, 0) is 47.7 Å². The summed E-state index contributed by atoms with van der Waals surface area (Å²) in [5.74, 6) is 0. The third-order valence-electron chi connectivity index (χ3n) is 3.49. The molecule has 1 heteroatoms. The van der Waals surface area contributed by atoms with Gasteiger partial charge in [0, 0.05) is 5.69 Å². The van der Waals surface area contributed by atoms with Crippen molar-refractivity contribution in [1.29, 1.82) is 0 Å². The molecule has 0 bridgehead atoms. The molecule has 0 aliphatic carbocycles. The highest BCUT2D eigenvalue weighted by Crippen LogP contribution is 2.29. The third kappa shape index (κ3) is 2.60. The smallest absolute Gasteiger partial charge is 0.0346 e. The Morgan fingerprint density at radius 2 is 1.68 bits per heavy atom. The molecule has 0 aliphatic rings. The molecule has 2 rings (SSSR count). The maximum absolute atomic E-state index is 5.96. The number of allylic oxidation sites excluding steroid dienone is 2. The largest absolute Gasteiger partial charge is 0.399 e. The second-order valence-corrected chi connectivity index (χ2v) is 4.63. The molecule has 0 saturated carbocycles. The fourth-order valence-electron chi connectivity index (χ4n) is 2.21. The quantitative estimate of drug-likeness (QED) is 0.629. The minimum absolute atomic E-state index is 0.840. The Bertz CT molecular complexity index is 622. The van der Waals surface area contributed by atoms with Crippen LogP contribution in [0.5, 0.6) is 0 Å². The molecular weight excluding hydrogens is 230 g/mol. The van der Waals surface area contributed by atoms with Crippen molar-refractivity contribution in [3.8, 4) is 0 Å². The van der Waals surface area contributed by atoms with Gasteiger partial charge in [0.1, 0.15) is 0 Å². The van der Waals surface area contributed by atoms with Gasteiger partial charge in [-0.3, -0.25) is 0 Å². The maximum atomic E-state index is 5.96. The van der Waals surface area contributed by atoms with Gasteiger partial charge in [-0.25, -0.2) is 0 Å². The zero-order valence-electron chi connectivity index (χ0n) is 11.5. The number of hydrogen-bond acceptors (Lipinski definition) is 1. The first-order chi connectivity index (χ1) is 9.15. The second kappa shape index (κ2) is 5.57. The molecule has 0 aliphatic heterocycles. The summed E-state index contributed by atoms with van der Waals surface area (Å²) in [5, 5.41) is 0. The van der Waals surface area contributed by atoms with Crippen LogP contribution in [0.2, 0.25) is 0 Å². The van der Waals surface area contributed by atoms with Crippen molar-refractivity contribution in [2.45, 2.75) is 13.8 Å². The van der Waals surface area contributed by atoms with Crippen LogP contribution >= 0.6 is 0 Å². The van der Waals surface area contributed by atoms with E-state index in [-0.39, 0.29) is 0 Å². The van der Waals surface area contributed by atoms with Gasteiger partial charge in [-0.1, -0.05) is 55.1 Å². The zero-order chi connectivity index (χ0) is 13.8. The lowest BCUT2D eigenvalue weighted by molar-refractivity contribution is 1.31. The molecular formula is C18H19N. The standard InChI is InChI=1S/C18H19N/c1-4-8-17(15-9-6-5-7-10-15)16-11-12-18(19)14(3)13(16)2/h4-12H,1,19H2,2-3H3. The third-order valence-corrected chi connectivity index (χ3v) is 3.49. The van der Waals surface area contributed by atoms with Gasteiger partial charge in [-0.2, -0.15) is 0 Å². The van der Waals surface area contributed by atoms with Crippen LogP contribution < -0.4 is 5.73 Å². The molecule has 0 spiro atoms. The monoisotopic (exact) mass is 249 g/mol. The van der Waals surface area contributed by atoms with Crippen molar-refractivity contribution in [3.05, 3.63) is 83.4 Å². The predicted octanol–water partition coefficient (Wildman–Crippen LogP) is 4.50. The molecule has 2 N–H and O–H groups in total.